The summed E-state index contributed by atoms with van der Waals surface area (Å²) in [6.07, 6.45) is 2.58. The summed E-state index contributed by atoms with van der Waals surface area (Å²) in [6.45, 7) is 6.88. The van der Waals surface area contributed by atoms with Gasteiger partial charge in [-0.25, -0.2) is 9.59 Å². The van der Waals surface area contributed by atoms with E-state index in [0.29, 0.717) is 17.6 Å². The lowest BCUT2D eigenvalue weighted by Crippen LogP contribution is -2.26. The Labute approximate surface area is 150 Å². The van der Waals surface area contributed by atoms with Crippen LogP contribution in [0.5, 0.6) is 0 Å². The van der Waals surface area contributed by atoms with Gasteiger partial charge >= 0.3 is 11.9 Å². The van der Waals surface area contributed by atoms with Crippen molar-refractivity contribution in [1.29, 1.82) is 0 Å². The van der Waals surface area contributed by atoms with Gasteiger partial charge in [0.1, 0.15) is 0 Å². The predicted octanol–water partition coefficient (Wildman–Crippen LogP) is 4.08. The number of ether oxygens (including phenoxy) is 2. The maximum atomic E-state index is 12.5. The Kier molecular flexibility index (Phi) is 6.01. The van der Waals surface area contributed by atoms with Crippen LogP contribution in [0.3, 0.4) is 0 Å². The lowest BCUT2D eigenvalue weighted by atomic mass is 9.80. The van der Waals surface area contributed by atoms with Crippen molar-refractivity contribution in [3.8, 4) is 0 Å². The minimum absolute atomic E-state index is 0.289. The van der Waals surface area contributed by atoms with Crippen LogP contribution in [0.1, 0.15) is 17.9 Å². The molecule has 1 aromatic carbocycles. The van der Waals surface area contributed by atoms with Crippen molar-refractivity contribution in [3.05, 3.63) is 58.7 Å². The maximum absolute atomic E-state index is 12.5. The molecule has 1 aromatic rings. The minimum Gasteiger partial charge on any atom is -0.466 e. The molecule has 1 atom stereocenters. The molecule has 134 valence electrons. The Bertz CT molecular complexity index is 711. The summed E-state index contributed by atoms with van der Waals surface area (Å²) in [5.41, 5.74) is 2.97. The fourth-order valence-corrected chi connectivity index (χ4v) is 4.88. The molecule has 0 fully saturated rings. The van der Waals surface area contributed by atoms with E-state index in [2.05, 4.69) is 25.7 Å². The van der Waals surface area contributed by atoms with Gasteiger partial charge in [0.15, 0.2) is 0 Å². The van der Waals surface area contributed by atoms with Gasteiger partial charge in [0.25, 0.3) is 0 Å². The van der Waals surface area contributed by atoms with Crippen LogP contribution < -0.4 is 0 Å². The third-order valence-electron chi connectivity index (χ3n) is 4.20. The third kappa shape index (κ3) is 4.69. The number of benzene rings is 1. The molecule has 4 nitrogen and oxygen atoms in total. The van der Waals surface area contributed by atoms with Crippen LogP contribution >= 0.6 is 0 Å². The number of carbonyl (C=O) groups is 2. The zero-order valence-corrected chi connectivity index (χ0v) is 16.6. The number of rotatable bonds is 5. The molecule has 0 bridgehead atoms. The predicted molar refractivity (Wildman–Crippen MR) is 101 cm³/mol. The van der Waals surface area contributed by atoms with Crippen molar-refractivity contribution in [3.63, 3.8) is 0 Å². The normalized spacial score (nSPS) is 17.8. The first-order valence-electron chi connectivity index (χ1n) is 8.41. The SMILES string of the molecule is COC(=O)C1=C(C(=O)OC)[C@H](c2ccccc2)C=C(C[Si](C)(C)C)C1. The first-order valence-corrected chi connectivity index (χ1v) is 12.1. The van der Waals surface area contributed by atoms with Crippen LogP contribution in [0, 0.1) is 0 Å². The van der Waals surface area contributed by atoms with Gasteiger partial charge in [0.05, 0.1) is 25.4 Å². The molecule has 0 heterocycles. The van der Waals surface area contributed by atoms with E-state index in [0.717, 1.165) is 11.6 Å². The number of methoxy groups -OCH3 is 2. The molecule has 1 aliphatic rings. The van der Waals surface area contributed by atoms with E-state index in [-0.39, 0.29) is 5.92 Å². The van der Waals surface area contributed by atoms with Crippen LogP contribution in [0.2, 0.25) is 25.7 Å². The number of allylic oxidation sites excluding steroid dienone is 2. The van der Waals surface area contributed by atoms with Crippen LogP contribution in [0.15, 0.2) is 53.1 Å². The molecule has 0 N–H and O–H groups in total. The second kappa shape index (κ2) is 7.83. The Morgan fingerprint density at radius 1 is 1.04 bits per heavy atom. The summed E-state index contributed by atoms with van der Waals surface area (Å²) in [6, 6.07) is 10.7. The van der Waals surface area contributed by atoms with E-state index in [1.807, 2.05) is 30.3 Å². The van der Waals surface area contributed by atoms with E-state index in [4.69, 9.17) is 9.47 Å². The van der Waals surface area contributed by atoms with Crippen LogP contribution in [-0.4, -0.2) is 34.2 Å². The van der Waals surface area contributed by atoms with Crippen molar-refractivity contribution >= 4 is 20.0 Å². The van der Waals surface area contributed by atoms with Gasteiger partial charge in [-0.1, -0.05) is 61.6 Å². The number of hydrogen-bond acceptors (Lipinski definition) is 4. The number of hydrogen-bond donors (Lipinski definition) is 0. The van der Waals surface area contributed by atoms with Gasteiger partial charge in [-0.05, 0) is 11.6 Å². The molecular weight excluding hydrogens is 332 g/mol. The van der Waals surface area contributed by atoms with Gasteiger partial charge < -0.3 is 9.47 Å². The van der Waals surface area contributed by atoms with Gasteiger partial charge in [-0.3, -0.25) is 0 Å². The highest BCUT2D eigenvalue weighted by Crippen LogP contribution is 2.39. The quantitative estimate of drug-likeness (QED) is 0.452. The molecule has 0 radical (unpaired) electrons. The molecule has 5 heteroatoms. The summed E-state index contributed by atoms with van der Waals surface area (Å²) >= 11 is 0. The third-order valence-corrected chi connectivity index (χ3v) is 5.71. The molecule has 0 saturated carbocycles. The number of carbonyl (C=O) groups excluding carboxylic acids is 2. The van der Waals surface area contributed by atoms with E-state index in [9.17, 15) is 9.59 Å². The maximum Gasteiger partial charge on any atom is 0.335 e. The molecule has 0 aliphatic heterocycles. The van der Waals surface area contributed by atoms with Crippen LogP contribution in [0.4, 0.5) is 0 Å². The summed E-state index contributed by atoms with van der Waals surface area (Å²) < 4.78 is 9.93. The molecule has 0 aromatic heterocycles. The first-order chi connectivity index (χ1) is 11.8. The Morgan fingerprint density at radius 3 is 2.16 bits per heavy atom. The summed E-state index contributed by atoms with van der Waals surface area (Å²) in [5, 5.41) is 0. The summed E-state index contributed by atoms with van der Waals surface area (Å²) in [7, 11) is 1.32. The van der Waals surface area contributed by atoms with E-state index in [1.54, 1.807) is 0 Å². The second-order valence-corrected chi connectivity index (χ2v) is 13.0. The van der Waals surface area contributed by atoms with Gasteiger partial charge in [0.2, 0.25) is 0 Å². The zero-order valence-electron chi connectivity index (χ0n) is 15.6. The molecule has 0 unspecified atom stereocenters. The minimum atomic E-state index is -1.37. The molecule has 25 heavy (non-hydrogen) atoms. The fourth-order valence-electron chi connectivity index (χ4n) is 3.28. The van der Waals surface area contributed by atoms with Crippen molar-refractivity contribution in [2.24, 2.45) is 0 Å². The monoisotopic (exact) mass is 358 g/mol. The van der Waals surface area contributed by atoms with Gasteiger partial charge in [0, 0.05) is 20.4 Å². The average Bonchev–Trinajstić information content (AvgIpc) is 2.59. The molecular formula is C20H26O4Si. The molecule has 1 aliphatic carbocycles. The lowest BCUT2D eigenvalue weighted by molar-refractivity contribution is -0.139. The van der Waals surface area contributed by atoms with E-state index < -0.39 is 20.0 Å². The Morgan fingerprint density at radius 2 is 1.64 bits per heavy atom. The topological polar surface area (TPSA) is 52.6 Å². The smallest absolute Gasteiger partial charge is 0.335 e. The van der Waals surface area contributed by atoms with E-state index in [1.165, 1.54) is 19.8 Å². The van der Waals surface area contributed by atoms with Crippen LogP contribution in [-0.2, 0) is 19.1 Å². The summed E-state index contributed by atoms with van der Waals surface area (Å²) in [4.78, 5) is 24.8. The Hall–Kier alpha value is -2.14. The van der Waals surface area contributed by atoms with Crippen LogP contribution in [0.25, 0.3) is 0 Å². The highest BCUT2D eigenvalue weighted by atomic mass is 28.3. The fraction of sp³-hybridized carbons (Fsp3) is 0.400. The van der Waals surface area contributed by atoms with Crippen molar-refractivity contribution in [1.82, 2.24) is 0 Å². The number of esters is 2. The second-order valence-electron chi connectivity index (χ2n) is 7.50. The zero-order chi connectivity index (χ0) is 18.6. The summed E-state index contributed by atoms with van der Waals surface area (Å²) in [5.74, 6) is -1.22. The standard InChI is InChI=1S/C20H26O4Si/c1-23-19(21)17-12-14(13-25(3,4)5)11-16(18(17)20(22)24-2)15-9-7-6-8-10-15/h6-11,16H,12-13H2,1-5H3/t16-/m0/s1. The van der Waals surface area contributed by atoms with E-state index >= 15 is 0 Å². The average molecular weight is 359 g/mol. The largest absolute Gasteiger partial charge is 0.466 e. The van der Waals surface area contributed by atoms with Gasteiger partial charge in [-0.15, -0.1) is 0 Å². The molecule has 0 amide bonds. The molecule has 0 spiro atoms. The van der Waals surface area contributed by atoms with Crippen molar-refractivity contribution < 1.29 is 19.1 Å². The highest BCUT2D eigenvalue weighted by molar-refractivity contribution is 6.76. The highest BCUT2D eigenvalue weighted by Gasteiger charge is 2.34. The first kappa shape index (κ1) is 19.2. The van der Waals surface area contributed by atoms with Crippen molar-refractivity contribution in [2.75, 3.05) is 14.2 Å². The Balaban J connectivity index is 2.59. The lowest BCUT2D eigenvalue weighted by Gasteiger charge is -2.28. The van der Waals surface area contributed by atoms with Crippen molar-refractivity contribution in [2.45, 2.75) is 38.0 Å². The molecule has 0 saturated heterocycles. The van der Waals surface area contributed by atoms with Gasteiger partial charge in [-0.2, -0.15) is 0 Å². The molecule has 2 rings (SSSR count).